The van der Waals surface area contributed by atoms with Gasteiger partial charge in [0.2, 0.25) is 0 Å². The predicted molar refractivity (Wildman–Crippen MR) is 77.1 cm³/mol. The van der Waals surface area contributed by atoms with E-state index in [1.54, 1.807) is 7.11 Å². The van der Waals surface area contributed by atoms with E-state index in [1.807, 2.05) is 25.1 Å². The standard InChI is InChI=1S/C14H20N2O2S/c1-11(10-17)19-14-4-3-12(7-13(14)8-15)9-16-5-6-18-2/h3-4,7,11,16-17H,5-6,9-10H2,1-2H3. The molecule has 1 unspecified atom stereocenters. The SMILES string of the molecule is COCCNCc1ccc(SC(C)CO)c(C#N)c1. The summed E-state index contributed by atoms with van der Waals surface area (Å²) in [6, 6.07) is 8.06. The maximum absolute atomic E-state index is 9.17. The molecule has 0 heterocycles. The Balaban J connectivity index is 2.65. The molecule has 0 aliphatic carbocycles. The first-order valence-corrected chi connectivity index (χ1v) is 7.09. The van der Waals surface area contributed by atoms with E-state index in [9.17, 15) is 5.26 Å². The fourth-order valence-corrected chi connectivity index (χ4v) is 2.42. The Labute approximate surface area is 118 Å². The van der Waals surface area contributed by atoms with Crippen LogP contribution in [0.5, 0.6) is 0 Å². The molecule has 0 amide bonds. The molecular formula is C14H20N2O2S. The predicted octanol–water partition coefficient (Wildman–Crippen LogP) is 1.77. The maximum Gasteiger partial charge on any atom is 0.100 e. The normalized spacial score (nSPS) is 12.1. The van der Waals surface area contributed by atoms with Gasteiger partial charge in [0, 0.05) is 30.3 Å². The van der Waals surface area contributed by atoms with Gasteiger partial charge in [-0.05, 0) is 17.7 Å². The van der Waals surface area contributed by atoms with Crippen LogP contribution >= 0.6 is 11.8 Å². The van der Waals surface area contributed by atoms with Gasteiger partial charge in [0.15, 0.2) is 0 Å². The van der Waals surface area contributed by atoms with Gasteiger partial charge in [-0.2, -0.15) is 5.26 Å². The zero-order valence-electron chi connectivity index (χ0n) is 11.3. The van der Waals surface area contributed by atoms with Gasteiger partial charge in [0.1, 0.15) is 6.07 Å². The van der Waals surface area contributed by atoms with E-state index in [4.69, 9.17) is 9.84 Å². The zero-order valence-corrected chi connectivity index (χ0v) is 12.2. The Hall–Kier alpha value is -1.06. The molecule has 0 bridgehead atoms. The quantitative estimate of drug-likeness (QED) is 0.561. The molecule has 1 rings (SSSR count). The molecule has 0 saturated heterocycles. The van der Waals surface area contributed by atoms with Crippen molar-refractivity contribution in [3.05, 3.63) is 29.3 Å². The number of methoxy groups -OCH3 is 1. The molecule has 0 aliphatic rings. The molecule has 1 aromatic carbocycles. The van der Waals surface area contributed by atoms with Crippen molar-refractivity contribution in [1.29, 1.82) is 5.26 Å². The van der Waals surface area contributed by atoms with E-state index in [-0.39, 0.29) is 11.9 Å². The summed E-state index contributed by atoms with van der Waals surface area (Å²) >= 11 is 1.52. The highest BCUT2D eigenvalue weighted by atomic mass is 32.2. The van der Waals surface area contributed by atoms with Crippen LogP contribution in [0.2, 0.25) is 0 Å². The first kappa shape index (κ1) is 16.0. The molecule has 1 atom stereocenters. The first-order chi connectivity index (χ1) is 9.21. The van der Waals surface area contributed by atoms with Gasteiger partial charge in [-0.15, -0.1) is 11.8 Å². The molecule has 0 spiro atoms. The molecule has 19 heavy (non-hydrogen) atoms. The second-order valence-electron chi connectivity index (χ2n) is 4.22. The third-order valence-corrected chi connectivity index (χ3v) is 3.72. The van der Waals surface area contributed by atoms with Crippen molar-refractivity contribution in [3.63, 3.8) is 0 Å². The van der Waals surface area contributed by atoms with E-state index in [0.29, 0.717) is 12.2 Å². The molecule has 0 aliphatic heterocycles. The summed E-state index contributed by atoms with van der Waals surface area (Å²) in [7, 11) is 1.67. The van der Waals surface area contributed by atoms with Crippen LogP contribution < -0.4 is 5.32 Å². The Morgan fingerprint density at radius 2 is 2.32 bits per heavy atom. The lowest BCUT2D eigenvalue weighted by Gasteiger charge is -2.11. The molecule has 0 saturated carbocycles. The van der Waals surface area contributed by atoms with Crippen LogP contribution in [0, 0.1) is 11.3 Å². The van der Waals surface area contributed by atoms with E-state index in [2.05, 4.69) is 11.4 Å². The van der Waals surface area contributed by atoms with Crippen LogP contribution in [0.1, 0.15) is 18.1 Å². The van der Waals surface area contributed by atoms with Crippen LogP contribution in [0.25, 0.3) is 0 Å². The minimum Gasteiger partial charge on any atom is -0.395 e. The number of aliphatic hydroxyl groups excluding tert-OH is 1. The van der Waals surface area contributed by atoms with Crippen molar-refractivity contribution in [2.45, 2.75) is 23.6 Å². The number of ether oxygens (including phenoxy) is 1. The first-order valence-electron chi connectivity index (χ1n) is 6.21. The van der Waals surface area contributed by atoms with Gasteiger partial charge in [0.05, 0.1) is 18.8 Å². The molecule has 0 aromatic heterocycles. The summed E-state index contributed by atoms with van der Waals surface area (Å²) in [6.07, 6.45) is 0. The summed E-state index contributed by atoms with van der Waals surface area (Å²) in [5, 5.41) is 21.6. The van der Waals surface area contributed by atoms with Crippen molar-refractivity contribution in [2.24, 2.45) is 0 Å². The van der Waals surface area contributed by atoms with Crippen LogP contribution in [0.3, 0.4) is 0 Å². The van der Waals surface area contributed by atoms with Crippen molar-refractivity contribution in [2.75, 3.05) is 26.9 Å². The number of rotatable bonds is 8. The smallest absolute Gasteiger partial charge is 0.100 e. The second kappa shape index (κ2) is 8.94. The van der Waals surface area contributed by atoms with Crippen molar-refractivity contribution < 1.29 is 9.84 Å². The maximum atomic E-state index is 9.17. The second-order valence-corrected chi connectivity index (χ2v) is 5.70. The van der Waals surface area contributed by atoms with Gasteiger partial charge in [-0.25, -0.2) is 0 Å². The van der Waals surface area contributed by atoms with E-state index in [0.717, 1.165) is 23.5 Å². The lowest BCUT2D eigenvalue weighted by molar-refractivity contribution is 0.199. The fraction of sp³-hybridized carbons (Fsp3) is 0.500. The molecule has 0 fully saturated rings. The minimum absolute atomic E-state index is 0.0952. The van der Waals surface area contributed by atoms with Crippen molar-refractivity contribution >= 4 is 11.8 Å². The summed E-state index contributed by atoms with van der Waals surface area (Å²) in [5.41, 5.74) is 1.74. The van der Waals surface area contributed by atoms with Gasteiger partial charge >= 0.3 is 0 Å². The average Bonchev–Trinajstić information content (AvgIpc) is 2.44. The Kier molecular flexibility index (Phi) is 7.53. The van der Waals surface area contributed by atoms with E-state index < -0.39 is 0 Å². The van der Waals surface area contributed by atoms with E-state index >= 15 is 0 Å². The summed E-state index contributed by atoms with van der Waals surface area (Å²) in [6.45, 7) is 4.23. The Morgan fingerprint density at radius 1 is 1.53 bits per heavy atom. The number of aliphatic hydroxyl groups is 1. The number of hydrogen-bond acceptors (Lipinski definition) is 5. The minimum atomic E-state index is 0.0952. The highest BCUT2D eigenvalue weighted by Gasteiger charge is 2.08. The fourth-order valence-electron chi connectivity index (χ4n) is 1.54. The van der Waals surface area contributed by atoms with Gasteiger partial charge in [-0.3, -0.25) is 0 Å². The number of nitriles is 1. The average molecular weight is 280 g/mol. The molecule has 1 aromatic rings. The number of nitrogens with one attached hydrogen (secondary N) is 1. The Bertz CT molecular complexity index is 432. The van der Waals surface area contributed by atoms with Gasteiger partial charge in [0.25, 0.3) is 0 Å². The highest BCUT2D eigenvalue weighted by Crippen LogP contribution is 2.27. The van der Waals surface area contributed by atoms with Crippen molar-refractivity contribution in [3.8, 4) is 6.07 Å². The van der Waals surface area contributed by atoms with Crippen LogP contribution in [0.15, 0.2) is 23.1 Å². The molecular weight excluding hydrogens is 260 g/mol. The number of thioether (sulfide) groups is 1. The van der Waals surface area contributed by atoms with Gasteiger partial charge < -0.3 is 15.2 Å². The van der Waals surface area contributed by atoms with Crippen LogP contribution in [0.4, 0.5) is 0 Å². The lowest BCUT2D eigenvalue weighted by atomic mass is 10.1. The molecule has 4 nitrogen and oxygen atoms in total. The summed E-state index contributed by atoms with van der Waals surface area (Å²) in [5.74, 6) is 0. The van der Waals surface area contributed by atoms with Gasteiger partial charge in [-0.1, -0.05) is 13.0 Å². The largest absolute Gasteiger partial charge is 0.395 e. The van der Waals surface area contributed by atoms with Crippen LogP contribution in [-0.4, -0.2) is 37.2 Å². The zero-order chi connectivity index (χ0) is 14.1. The number of benzene rings is 1. The Morgan fingerprint density at radius 3 is 2.95 bits per heavy atom. The topological polar surface area (TPSA) is 65.3 Å². The molecule has 104 valence electrons. The molecule has 2 N–H and O–H groups in total. The van der Waals surface area contributed by atoms with Crippen molar-refractivity contribution in [1.82, 2.24) is 5.32 Å². The number of hydrogen-bond donors (Lipinski definition) is 2. The third-order valence-electron chi connectivity index (χ3n) is 2.56. The summed E-state index contributed by atoms with van der Waals surface area (Å²) < 4.78 is 4.96. The third kappa shape index (κ3) is 5.62. The lowest BCUT2D eigenvalue weighted by Crippen LogP contribution is -2.18. The molecule has 0 radical (unpaired) electrons. The number of nitrogens with zero attached hydrogens (tertiary/aromatic N) is 1. The monoisotopic (exact) mass is 280 g/mol. The highest BCUT2D eigenvalue weighted by molar-refractivity contribution is 8.00. The molecule has 5 heteroatoms. The summed E-state index contributed by atoms with van der Waals surface area (Å²) in [4.78, 5) is 0.921. The van der Waals surface area contributed by atoms with E-state index in [1.165, 1.54) is 11.8 Å². The van der Waals surface area contributed by atoms with Crippen LogP contribution in [-0.2, 0) is 11.3 Å².